The highest BCUT2D eigenvalue weighted by molar-refractivity contribution is 5.95. The molecule has 0 spiro atoms. The van der Waals surface area contributed by atoms with Gasteiger partial charge >= 0.3 is 5.97 Å². The molecule has 1 saturated carbocycles. The van der Waals surface area contributed by atoms with E-state index < -0.39 is 5.97 Å². The predicted octanol–water partition coefficient (Wildman–Crippen LogP) is 2.36. The van der Waals surface area contributed by atoms with Crippen molar-refractivity contribution in [2.75, 3.05) is 5.32 Å². The van der Waals surface area contributed by atoms with Gasteiger partial charge in [0, 0.05) is 11.2 Å². The Kier molecular flexibility index (Phi) is 2.37. The molecule has 1 aromatic heterocycles. The highest BCUT2D eigenvalue weighted by atomic mass is 16.4. The van der Waals surface area contributed by atoms with Crippen molar-refractivity contribution in [1.29, 1.82) is 0 Å². The van der Waals surface area contributed by atoms with E-state index >= 15 is 0 Å². The molecule has 86 valence electrons. The number of nitrogens with one attached hydrogen (secondary N) is 1. The number of pyridine rings is 1. The number of aromatic carboxylic acids is 1. The lowest BCUT2D eigenvalue weighted by atomic mass is 10.1. The van der Waals surface area contributed by atoms with E-state index in [9.17, 15) is 9.90 Å². The lowest BCUT2D eigenvalue weighted by Gasteiger charge is -2.16. The normalized spacial score (nSPS) is 16.9. The SMILES string of the molecule is Cc1cc(C)c(C(=O)O)c(NC2(C)CC2)n1. The third-order valence-electron chi connectivity index (χ3n) is 2.98. The van der Waals surface area contributed by atoms with E-state index in [0.29, 0.717) is 11.4 Å². The standard InChI is InChI=1S/C12H16N2O2/c1-7-6-8(2)13-10(9(7)11(15)16)14-12(3)4-5-12/h6H,4-5H2,1-3H3,(H,13,14)(H,15,16). The highest BCUT2D eigenvalue weighted by Gasteiger charge is 2.38. The highest BCUT2D eigenvalue weighted by Crippen LogP contribution is 2.38. The maximum Gasteiger partial charge on any atom is 0.339 e. The fraction of sp³-hybridized carbons (Fsp3) is 0.500. The van der Waals surface area contributed by atoms with Gasteiger partial charge in [-0.1, -0.05) is 0 Å². The molecule has 1 heterocycles. The number of nitrogens with zero attached hydrogens (tertiary/aromatic N) is 1. The Morgan fingerprint density at radius 3 is 2.62 bits per heavy atom. The molecule has 16 heavy (non-hydrogen) atoms. The number of carboxylic acid groups (broad SMARTS) is 1. The van der Waals surface area contributed by atoms with Gasteiger partial charge in [0.1, 0.15) is 11.4 Å². The third-order valence-corrected chi connectivity index (χ3v) is 2.98. The minimum atomic E-state index is -0.920. The fourth-order valence-electron chi connectivity index (χ4n) is 1.80. The summed E-state index contributed by atoms with van der Waals surface area (Å²) in [7, 11) is 0. The molecule has 0 amide bonds. The summed E-state index contributed by atoms with van der Waals surface area (Å²) < 4.78 is 0. The van der Waals surface area contributed by atoms with Crippen LogP contribution in [0.15, 0.2) is 6.07 Å². The lowest BCUT2D eigenvalue weighted by molar-refractivity contribution is 0.0697. The molecule has 2 rings (SSSR count). The molecular weight excluding hydrogens is 204 g/mol. The van der Waals surface area contributed by atoms with Crippen LogP contribution in [0.2, 0.25) is 0 Å². The van der Waals surface area contributed by atoms with Crippen LogP contribution in [0.25, 0.3) is 0 Å². The largest absolute Gasteiger partial charge is 0.478 e. The first kappa shape index (κ1) is 10.9. The van der Waals surface area contributed by atoms with Crippen LogP contribution in [0.1, 0.15) is 41.4 Å². The van der Waals surface area contributed by atoms with Gasteiger partial charge in [-0.25, -0.2) is 9.78 Å². The van der Waals surface area contributed by atoms with E-state index in [-0.39, 0.29) is 5.54 Å². The average molecular weight is 220 g/mol. The molecule has 0 saturated heterocycles. The van der Waals surface area contributed by atoms with Gasteiger partial charge in [-0.15, -0.1) is 0 Å². The summed E-state index contributed by atoms with van der Waals surface area (Å²) in [6, 6.07) is 1.80. The van der Waals surface area contributed by atoms with Gasteiger partial charge in [-0.05, 0) is 45.2 Å². The summed E-state index contributed by atoms with van der Waals surface area (Å²) in [5, 5.41) is 12.4. The summed E-state index contributed by atoms with van der Waals surface area (Å²) in [5.74, 6) is -0.415. The van der Waals surface area contributed by atoms with Crippen LogP contribution >= 0.6 is 0 Å². The number of carbonyl (C=O) groups is 1. The van der Waals surface area contributed by atoms with Crippen LogP contribution in [0.5, 0.6) is 0 Å². The Balaban J connectivity index is 2.44. The van der Waals surface area contributed by atoms with Crippen molar-refractivity contribution in [3.8, 4) is 0 Å². The van der Waals surface area contributed by atoms with Crippen molar-refractivity contribution in [1.82, 2.24) is 4.98 Å². The third kappa shape index (κ3) is 2.01. The van der Waals surface area contributed by atoms with Crippen molar-refractivity contribution < 1.29 is 9.90 Å². The first-order valence-electron chi connectivity index (χ1n) is 5.41. The summed E-state index contributed by atoms with van der Waals surface area (Å²) in [5.41, 5.74) is 1.93. The number of anilines is 1. The van der Waals surface area contributed by atoms with E-state index in [4.69, 9.17) is 0 Å². The monoisotopic (exact) mass is 220 g/mol. The molecule has 1 fully saturated rings. The average Bonchev–Trinajstić information content (AvgIpc) is 2.80. The van der Waals surface area contributed by atoms with Crippen molar-refractivity contribution in [3.05, 3.63) is 22.9 Å². The molecular formula is C12H16N2O2. The number of aryl methyl sites for hydroxylation is 2. The Morgan fingerprint density at radius 1 is 1.50 bits per heavy atom. The van der Waals surface area contributed by atoms with Crippen molar-refractivity contribution in [2.45, 2.75) is 39.2 Å². The zero-order valence-corrected chi connectivity index (χ0v) is 9.79. The molecule has 1 aromatic rings. The summed E-state index contributed by atoms with van der Waals surface area (Å²) >= 11 is 0. The second-order valence-electron chi connectivity index (χ2n) is 4.79. The van der Waals surface area contributed by atoms with Gasteiger partial charge in [-0.3, -0.25) is 0 Å². The number of hydrogen-bond donors (Lipinski definition) is 2. The predicted molar refractivity (Wildman–Crippen MR) is 61.9 cm³/mol. The van der Waals surface area contributed by atoms with Gasteiger partial charge in [0.25, 0.3) is 0 Å². The minimum absolute atomic E-state index is 0.0391. The zero-order valence-electron chi connectivity index (χ0n) is 9.79. The maximum absolute atomic E-state index is 11.2. The summed E-state index contributed by atoms with van der Waals surface area (Å²) in [6.07, 6.45) is 2.14. The molecule has 4 heteroatoms. The second kappa shape index (κ2) is 3.47. The second-order valence-corrected chi connectivity index (χ2v) is 4.79. The van der Waals surface area contributed by atoms with Crippen molar-refractivity contribution in [3.63, 3.8) is 0 Å². The number of aromatic nitrogens is 1. The molecule has 1 aliphatic rings. The van der Waals surface area contributed by atoms with Crippen LogP contribution in [0, 0.1) is 13.8 Å². The maximum atomic E-state index is 11.2. The molecule has 0 atom stereocenters. The minimum Gasteiger partial charge on any atom is -0.478 e. The first-order chi connectivity index (χ1) is 7.41. The van der Waals surface area contributed by atoms with E-state index in [2.05, 4.69) is 17.2 Å². The summed E-state index contributed by atoms with van der Waals surface area (Å²) in [6.45, 7) is 5.76. The zero-order chi connectivity index (χ0) is 11.9. The van der Waals surface area contributed by atoms with Gasteiger partial charge in [0.05, 0.1) is 0 Å². The van der Waals surface area contributed by atoms with Crippen molar-refractivity contribution in [2.24, 2.45) is 0 Å². The van der Waals surface area contributed by atoms with E-state index in [1.54, 1.807) is 13.0 Å². The van der Waals surface area contributed by atoms with E-state index in [0.717, 1.165) is 24.1 Å². The van der Waals surface area contributed by atoms with Gasteiger partial charge < -0.3 is 10.4 Å². The van der Waals surface area contributed by atoms with E-state index in [1.807, 2.05) is 6.92 Å². The molecule has 0 unspecified atom stereocenters. The van der Waals surface area contributed by atoms with Crippen LogP contribution in [-0.4, -0.2) is 21.6 Å². The molecule has 4 nitrogen and oxygen atoms in total. The Morgan fingerprint density at radius 2 is 2.12 bits per heavy atom. The Bertz CT molecular complexity index is 451. The summed E-state index contributed by atoms with van der Waals surface area (Å²) in [4.78, 5) is 15.5. The van der Waals surface area contributed by atoms with Crippen LogP contribution in [-0.2, 0) is 0 Å². The fourth-order valence-corrected chi connectivity index (χ4v) is 1.80. The van der Waals surface area contributed by atoms with Crippen LogP contribution in [0.4, 0.5) is 5.82 Å². The van der Waals surface area contributed by atoms with Crippen molar-refractivity contribution >= 4 is 11.8 Å². The number of hydrogen-bond acceptors (Lipinski definition) is 3. The van der Waals surface area contributed by atoms with Crippen LogP contribution < -0.4 is 5.32 Å². The number of carboxylic acids is 1. The molecule has 0 aliphatic heterocycles. The van der Waals surface area contributed by atoms with Gasteiger partial charge in [0.2, 0.25) is 0 Å². The van der Waals surface area contributed by atoms with Gasteiger partial charge in [0.15, 0.2) is 0 Å². The lowest BCUT2D eigenvalue weighted by Crippen LogP contribution is -2.20. The van der Waals surface area contributed by atoms with Crippen LogP contribution in [0.3, 0.4) is 0 Å². The Hall–Kier alpha value is -1.58. The molecule has 1 aliphatic carbocycles. The molecule has 0 bridgehead atoms. The van der Waals surface area contributed by atoms with E-state index in [1.165, 1.54) is 0 Å². The molecule has 0 radical (unpaired) electrons. The quantitative estimate of drug-likeness (QED) is 0.820. The number of rotatable bonds is 3. The molecule has 0 aromatic carbocycles. The topological polar surface area (TPSA) is 62.2 Å². The molecule has 2 N–H and O–H groups in total. The first-order valence-corrected chi connectivity index (χ1v) is 5.41. The smallest absolute Gasteiger partial charge is 0.339 e. The Labute approximate surface area is 94.7 Å². The van der Waals surface area contributed by atoms with Gasteiger partial charge in [-0.2, -0.15) is 0 Å².